The smallest absolute Gasteiger partial charge is 0.270 e. The van der Waals surface area contributed by atoms with Gasteiger partial charge in [0, 0.05) is 56.1 Å². The van der Waals surface area contributed by atoms with Crippen LogP contribution >= 0.6 is 0 Å². The van der Waals surface area contributed by atoms with Gasteiger partial charge in [-0.05, 0) is 47.0 Å². The summed E-state index contributed by atoms with van der Waals surface area (Å²) in [5.41, 5.74) is 12.1. The minimum absolute atomic E-state index is 0.0510. The number of nitro groups is 1. The van der Waals surface area contributed by atoms with E-state index in [1.54, 1.807) is 12.1 Å². The van der Waals surface area contributed by atoms with Crippen molar-refractivity contribution < 1.29 is 4.92 Å². The number of benzene rings is 8. The largest absolute Gasteiger partial charge is 0.309 e. The van der Waals surface area contributed by atoms with Crippen molar-refractivity contribution in [3.63, 3.8) is 0 Å². The Morgan fingerprint density at radius 1 is 0.396 bits per heavy atom. The van der Waals surface area contributed by atoms with Gasteiger partial charge >= 0.3 is 0 Å². The van der Waals surface area contributed by atoms with Crippen molar-refractivity contribution in [3.8, 4) is 44.8 Å². The first kappa shape index (κ1) is 30.6. The van der Waals surface area contributed by atoms with Crippen LogP contribution < -0.4 is 0 Å². The molecule has 0 amide bonds. The predicted molar refractivity (Wildman–Crippen MR) is 218 cm³/mol. The fourth-order valence-corrected chi connectivity index (χ4v) is 8.12. The molecule has 2 aromatic heterocycles. The van der Waals surface area contributed by atoms with Gasteiger partial charge in [-0.3, -0.25) is 10.1 Å². The molecule has 0 spiro atoms. The van der Waals surface area contributed by atoms with Crippen molar-refractivity contribution in [2.45, 2.75) is 0 Å². The zero-order chi connectivity index (χ0) is 35.5. The highest BCUT2D eigenvalue weighted by Gasteiger charge is 2.24. The molecule has 10 aromatic rings. The normalized spacial score (nSPS) is 11.5. The van der Waals surface area contributed by atoms with Crippen LogP contribution in [0.15, 0.2) is 188 Å². The number of aromatic nitrogens is 2. The number of non-ortho nitro benzene ring substituents is 1. The first-order valence-corrected chi connectivity index (χ1v) is 17.7. The lowest BCUT2D eigenvalue weighted by atomic mass is 9.94. The van der Waals surface area contributed by atoms with Crippen LogP contribution in [0.3, 0.4) is 0 Å². The Morgan fingerprint density at radius 3 is 1.45 bits per heavy atom. The van der Waals surface area contributed by atoms with Crippen molar-refractivity contribution in [3.05, 3.63) is 198 Å². The molecule has 0 N–H and O–H groups in total. The van der Waals surface area contributed by atoms with E-state index >= 15 is 0 Å². The van der Waals surface area contributed by atoms with Gasteiger partial charge in [-0.1, -0.05) is 146 Å². The fraction of sp³-hybridized carbons (Fsp3) is 0. The average molecular weight is 682 g/mol. The number of rotatable bonds is 6. The first-order valence-electron chi connectivity index (χ1n) is 17.7. The molecule has 0 aliphatic carbocycles. The zero-order valence-corrected chi connectivity index (χ0v) is 28.6. The Balaban J connectivity index is 1.31. The van der Waals surface area contributed by atoms with Crippen LogP contribution in [-0.2, 0) is 0 Å². The second-order valence-electron chi connectivity index (χ2n) is 13.4. The van der Waals surface area contributed by atoms with Crippen molar-refractivity contribution in [1.82, 2.24) is 9.13 Å². The van der Waals surface area contributed by atoms with Crippen molar-refractivity contribution in [2.24, 2.45) is 0 Å². The standard InChI is InChI=1S/C48H31N3O2/c52-51(53)36-30-41(33-17-6-2-7-18-33)48(42(31-36)34-19-8-3-9-20-34)50-45-26-13-11-22-39(45)43-29-35(27-28-46(43)50)49-44-25-12-10-21-38(44)40-24-14-23-37(47(40)49)32-15-4-1-5-16-32/h1-31H. The molecule has 0 saturated heterocycles. The van der Waals surface area contributed by atoms with Crippen molar-refractivity contribution in [1.29, 1.82) is 0 Å². The number of fused-ring (bicyclic) bond motifs is 6. The zero-order valence-electron chi connectivity index (χ0n) is 28.6. The molecule has 250 valence electrons. The molecule has 0 radical (unpaired) electrons. The van der Waals surface area contributed by atoms with Crippen molar-refractivity contribution >= 4 is 49.3 Å². The van der Waals surface area contributed by atoms with Crippen LogP contribution in [0.4, 0.5) is 5.69 Å². The van der Waals surface area contributed by atoms with E-state index in [0.29, 0.717) is 0 Å². The third-order valence-corrected chi connectivity index (χ3v) is 10.4. The number of nitro benzene ring substituents is 1. The van der Waals surface area contributed by atoms with E-state index < -0.39 is 0 Å². The molecule has 5 nitrogen and oxygen atoms in total. The Labute approximate surface area is 305 Å². The summed E-state index contributed by atoms with van der Waals surface area (Å²) in [4.78, 5) is 12.1. The highest BCUT2D eigenvalue weighted by molar-refractivity contribution is 6.15. The molecule has 2 heterocycles. The summed E-state index contributed by atoms with van der Waals surface area (Å²) < 4.78 is 4.69. The maximum atomic E-state index is 12.4. The highest BCUT2D eigenvalue weighted by Crippen LogP contribution is 2.45. The molecule has 8 aromatic carbocycles. The summed E-state index contributed by atoms with van der Waals surface area (Å²) in [5, 5.41) is 17.0. The second-order valence-corrected chi connectivity index (χ2v) is 13.4. The number of nitrogens with zero attached hydrogens (tertiary/aromatic N) is 3. The molecule has 0 bridgehead atoms. The summed E-state index contributed by atoms with van der Waals surface area (Å²) in [6.45, 7) is 0. The highest BCUT2D eigenvalue weighted by atomic mass is 16.6. The third-order valence-electron chi connectivity index (χ3n) is 10.4. The van der Waals surface area contributed by atoms with E-state index in [-0.39, 0.29) is 10.6 Å². The van der Waals surface area contributed by atoms with E-state index in [1.807, 2.05) is 60.7 Å². The first-order chi connectivity index (χ1) is 26.2. The van der Waals surface area contributed by atoms with Gasteiger partial charge in [-0.2, -0.15) is 0 Å². The summed E-state index contributed by atoms with van der Waals surface area (Å²) in [6.07, 6.45) is 0. The van der Waals surface area contributed by atoms with Crippen LogP contribution in [0.1, 0.15) is 0 Å². The van der Waals surface area contributed by atoms with Gasteiger partial charge in [-0.15, -0.1) is 0 Å². The Kier molecular flexibility index (Phi) is 7.05. The fourth-order valence-electron chi connectivity index (χ4n) is 8.12. The molecule has 0 atom stereocenters. The van der Waals surface area contributed by atoms with Crippen LogP contribution in [0.2, 0.25) is 0 Å². The molecule has 53 heavy (non-hydrogen) atoms. The van der Waals surface area contributed by atoms with E-state index in [4.69, 9.17) is 0 Å². The summed E-state index contributed by atoms with van der Waals surface area (Å²) >= 11 is 0. The van der Waals surface area contributed by atoms with Gasteiger partial charge in [-0.25, -0.2) is 0 Å². The van der Waals surface area contributed by atoms with Crippen molar-refractivity contribution in [2.75, 3.05) is 0 Å². The van der Waals surface area contributed by atoms with E-state index in [1.165, 1.54) is 21.9 Å². The second kappa shape index (κ2) is 12.2. The molecule has 0 aliphatic rings. The van der Waals surface area contributed by atoms with Gasteiger partial charge in [0.05, 0.1) is 32.7 Å². The van der Waals surface area contributed by atoms with Gasteiger partial charge < -0.3 is 9.13 Å². The number of para-hydroxylation sites is 3. The average Bonchev–Trinajstić information content (AvgIpc) is 3.74. The molecular formula is C48H31N3O2. The Hall–Kier alpha value is -7.24. The molecule has 0 unspecified atom stereocenters. The van der Waals surface area contributed by atoms with Crippen LogP contribution in [-0.4, -0.2) is 14.1 Å². The van der Waals surface area contributed by atoms with Gasteiger partial charge in [0.1, 0.15) is 0 Å². The van der Waals surface area contributed by atoms with Gasteiger partial charge in [0.2, 0.25) is 0 Å². The Bertz CT molecular complexity index is 2960. The summed E-state index contributed by atoms with van der Waals surface area (Å²) in [6, 6.07) is 64.4. The monoisotopic (exact) mass is 681 g/mol. The number of hydrogen-bond donors (Lipinski definition) is 0. The summed E-state index contributed by atoms with van der Waals surface area (Å²) in [5.74, 6) is 0. The lowest BCUT2D eigenvalue weighted by Gasteiger charge is -2.19. The lowest BCUT2D eigenvalue weighted by Crippen LogP contribution is -2.03. The minimum Gasteiger partial charge on any atom is -0.309 e. The molecule has 10 rings (SSSR count). The maximum absolute atomic E-state index is 12.4. The molecular weight excluding hydrogens is 651 g/mol. The van der Waals surface area contributed by atoms with Crippen LogP contribution in [0.25, 0.3) is 88.4 Å². The molecule has 0 saturated carbocycles. The van der Waals surface area contributed by atoms with E-state index in [2.05, 4.69) is 124 Å². The van der Waals surface area contributed by atoms with Crippen LogP contribution in [0, 0.1) is 10.1 Å². The molecule has 0 fully saturated rings. The quantitative estimate of drug-likeness (QED) is 0.130. The number of hydrogen-bond acceptors (Lipinski definition) is 2. The minimum atomic E-state index is -0.295. The van der Waals surface area contributed by atoms with E-state index in [9.17, 15) is 10.1 Å². The van der Waals surface area contributed by atoms with Gasteiger partial charge in [0.15, 0.2) is 0 Å². The third kappa shape index (κ3) is 4.86. The predicted octanol–water partition coefficient (Wildman–Crippen LogP) is 12.8. The maximum Gasteiger partial charge on any atom is 0.270 e. The van der Waals surface area contributed by atoms with E-state index in [0.717, 1.165) is 66.5 Å². The van der Waals surface area contributed by atoms with Gasteiger partial charge in [0.25, 0.3) is 5.69 Å². The SMILES string of the molecule is O=[N+]([O-])c1cc(-c2ccccc2)c(-n2c3ccccc3c3cc(-n4c5ccccc5c5cccc(-c6ccccc6)c54)ccc32)c(-c2ccccc2)c1. The Morgan fingerprint density at radius 2 is 0.868 bits per heavy atom. The molecule has 5 heteroatoms. The molecule has 0 aliphatic heterocycles. The summed E-state index contributed by atoms with van der Waals surface area (Å²) in [7, 11) is 0. The topological polar surface area (TPSA) is 53.0 Å². The van der Waals surface area contributed by atoms with Crippen LogP contribution in [0.5, 0.6) is 0 Å². The lowest BCUT2D eigenvalue weighted by molar-refractivity contribution is -0.384.